The lowest BCUT2D eigenvalue weighted by molar-refractivity contribution is 0.131. The number of hydrogen-bond donors (Lipinski definition) is 0. The highest BCUT2D eigenvalue weighted by Gasteiger charge is 2.17. The molecule has 9 nitrogen and oxygen atoms in total. The Kier molecular flexibility index (Phi) is 7.32. The van der Waals surface area contributed by atoms with Crippen molar-refractivity contribution in [3.05, 3.63) is 75.2 Å². The van der Waals surface area contributed by atoms with Gasteiger partial charge in [-0.15, -0.1) is 5.10 Å². The van der Waals surface area contributed by atoms with E-state index < -0.39 is 0 Å². The number of para-hydroxylation sites is 1. The van der Waals surface area contributed by atoms with Crippen LogP contribution in [0.5, 0.6) is 6.01 Å². The van der Waals surface area contributed by atoms with Crippen LogP contribution in [0.25, 0.3) is 5.69 Å². The number of aryl methyl sites for hydroxylation is 1. The van der Waals surface area contributed by atoms with Crippen LogP contribution in [0.1, 0.15) is 11.1 Å². The molecule has 0 N–H and O–H groups in total. The predicted molar refractivity (Wildman–Crippen MR) is 118 cm³/mol. The van der Waals surface area contributed by atoms with Crippen molar-refractivity contribution < 1.29 is 14.4 Å². The number of benzene rings is 2. The molecular formula is C20H19Cl2N5O4. The largest absolute Gasteiger partial charge is 0.467 e. The summed E-state index contributed by atoms with van der Waals surface area (Å²) in [7, 11) is 4.38. The number of ether oxygens (including phenoxy) is 1. The Morgan fingerprint density at radius 2 is 1.81 bits per heavy atom. The van der Waals surface area contributed by atoms with Crippen molar-refractivity contribution in [2.75, 3.05) is 14.2 Å². The van der Waals surface area contributed by atoms with Crippen LogP contribution in [0.3, 0.4) is 0 Å². The third kappa shape index (κ3) is 5.07. The van der Waals surface area contributed by atoms with Gasteiger partial charge in [-0.1, -0.05) is 63.8 Å². The van der Waals surface area contributed by atoms with Crippen molar-refractivity contribution in [3.8, 4) is 11.7 Å². The van der Waals surface area contributed by atoms with E-state index in [0.29, 0.717) is 21.8 Å². The van der Waals surface area contributed by atoms with E-state index in [2.05, 4.69) is 15.4 Å². The minimum Gasteiger partial charge on any atom is -0.467 e. The normalized spacial score (nSPS) is 12.0. The molecule has 11 heteroatoms. The van der Waals surface area contributed by atoms with E-state index in [4.69, 9.17) is 37.6 Å². The highest BCUT2D eigenvalue weighted by molar-refractivity contribution is 6.85. The van der Waals surface area contributed by atoms with E-state index in [1.54, 1.807) is 42.5 Å². The van der Waals surface area contributed by atoms with Gasteiger partial charge < -0.3 is 14.4 Å². The highest BCUT2D eigenvalue weighted by Crippen LogP contribution is 2.19. The van der Waals surface area contributed by atoms with Gasteiger partial charge in [0.1, 0.15) is 13.7 Å². The van der Waals surface area contributed by atoms with E-state index in [1.807, 2.05) is 6.07 Å². The average molecular weight is 464 g/mol. The molecule has 0 radical (unpaired) electrons. The number of oxime groups is 2. The van der Waals surface area contributed by atoms with Crippen LogP contribution in [0.15, 0.2) is 63.6 Å². The first-order valence-electron chi connectivity index (χ1n) is 8.97. The van der Waals surface area contributed by atoms with E-state index >= 15 is 0 Å². The summed E-state index contributed by atoms with van der Waals surface area (Å²) in [5, 5.41) is 12.5. The van der Waals surface area contributed by atoms with E-state index in [0.717, 1.165) is 0 Å². The second-order valence-electron chi connectivity index (χ2n) is 6.14. The number of nitrogens with zero attached hydrogens (tertiary/aromatic N) is 5. The Morgan fingerprint density at radius 1 is 1.10 bits per heavy atom. The van der Waals surface area contributed by atoms with Crippen molar-refractivity contribution in [1.29, 1.82) is 0 Å². The molecule has 0 unspecified atom stereocenters. The Morgan fingerprint density at radius 3 is 2.48 bits per heavy atom. The number of halogens is 2. The van der Waals surface area contributed by atoms with Gasteiger partial charge in [0.25, 0.3) is 0 Å². The zero-order chi connectivity index (χ0) is 22.4. The molecule has 162 valence electrons. The average Bonchev–Trinajstić information content (AvgIpc) is 3.06. The van der Waals surface area contributed by atoms with Crippen molar-refractivity contribution in [3.63, 3.8) is 0 Å². The Balaban J connectivity index is 1.85. The van der Waals surface area contributed by atoms with Crippen LogP contribution in [-0.4, -0.2) is 39.4 Å². The van der Waals surface area contributed by atoms with Gasteiger partial charge in [0.05, 0.1) is 12.8 Å². The zero-order valence-corrected chi connectivity index (χ0v) is 18.5. The van der Waals surface area contributed by atoms with Crippen LogP contribution < -0.4 is 10.4 Å². The van der Waals surface area contributed by atoms with Crippen LogP contribution in [-0.2, 0) is 23.3 Å². The summed E-state index contributed by atoms with van der Waals surface area (Å²) in [6, 6.07) is 14.2. The van der Waals surface area contributed by atoms with Gasteiger partial charge in [0.15, 0.2) is 10.9 Å². The first-order chi connectivity index (χ1) is 15.0. The molecule has 0 saturated carbocycles. The lowest BCUT2D eigenvalue weighted by atomic mass is 10.1. The van der Waals surface area contributed by atoms with Crippen LogP contribution in [0.2, 0.25) is 5.02 Å². The third-order valence-corrected chi connectivity index (χ3v) is 4.67. The minimum atomic E-state index is -0.358. The first-order valence-corrected chi connectivity index (χ1v) is 9.73. The first kappa shape index (κ1) is 22.4. The lowest BCUT2D eigenvalue weighted by Crippen LogP contribution is -2.22. The molecule has 0 aliphatic carbocycles. The SMILES string of the molecule is CON=C(C(Cl)=NOCc1ccccc1-n1c(OC)nn(C)c1=O)c1ccc(Cl)cc1. The summed E-state index contributed by atoms with van der Waals surface area (Å²) in [6.07, 6.45) is 0. The number of hydrogen-bond acceptors (Lipinski definition) is 7. The van der Waals surface area contributed by atoms with Gasteiger partial charge in [0, 0.05) is 23.2 Å². The maximum Gasteiger partial charge on any atom is 0.353 e. The maximum absolute atomic E-state index is 12.5. The van der Waals surface area contributed by atoms with Crippen LogP contribution >= 0.6 is 23.2 Å². The molecule has 0 amide bonds. The Bertz CT molecular complexity index is 1170. The van der Waals surface area contributed by atoms with Crippen molar-refractivity contribution in [2.45, 2.75) is 6.61 Å². The Hall–Kier alpha value is -3.30. The van der Waals surface area contributed by atoms with Gasteiger partial charge in [-0.2, -0.15) is 0 Å². The van der Waals surface area contributed by atoms with Gasteiger partial charge in [-0.3, -0.25) is 0 Å². The summed E-state index contributed by atoms with van der Waals surface area (Å²) in [5.41, 5.74) is 1.78. The summed E-state index contributed by atoms with van der Waals surface area (Å²) < 4.78 is 7.75. The number of methoxy groups -OCH3 is 1. The molecule has 3 rings (SSSR count). The van der Waals surface area contributed by atoms with E-state index in [9.17, 15) is 4.79 Å². The van der Waals surface area contributed by atoms with Gasteiger partial charge in [-0.25, -0.2) is 14.0 Å². The molecule has 0 atom stereocenters. The second kappa shape index (κ2) is 10.1. The third-order valence-electron chi connectivity index (χ3n) is 4.17. The fourth-order valence-electron chi connectivity index (χ4n) is 2.74. The molecule has 0 bridgehead atoms. The molecule has 31 heavy (non-hydrogen) atoms. The van der Waals surface area contributed by atoms with E-state index in [-0.39, 0.29) is 29.2 Å². The van der Waals surface area contributed by atoms with Crippen molar-refractivity contribution in [2.24, 2.45) is 17.4 Å². The standard InChI is InChI=1S/C20H19Cl2N5O4/c1-26-20(28)27(19(23-26)29-2)16-7-5-4-6-14(16)12-31-25-18(22)17(24-30-3)13-8-10-15(21)11-9-13/h4-11H,12H2,1-3H3. The van der Waals surface area contributed by atoms with Crippen molar-refractivity contribution in [1.82, 2.24) is 14.3 Å². The Labute approximate surface area is 188 Å². The molecule has 0 saturated heterocycles. The highest BCUT2D eigenvalue weighted by atomic mass is 35.5. The van der Waals surface area contributed by atoms with Gasteiger partial charge in [0.2, 0.25) is 0 Å². The maximum atomic E-state index is 12.5. The van der Waals surface area contributed by atoms with Gasteiger partial charge in [-0.05, 0) is 18.2 Å². The molecule has 0 aliphatic rings. The zero-order valence-electron chi connectivity index (χ0n) is 17.0. The molecular weight excluding hydrogens is 445 g/mol. The molecule has 3 aromatic rings. The quantitative estimate of drug-likeness (QED) is 0.377. The lowest BCUT2D eigenvalue weighted by Gasteiger charge is -2.10. The summed E-state index contributed by atoms with van der Waals surface area (Å²) in [6.45, 7) is 0.0256. The smallest absolute Gasteiger partial charge is 0.353 e. The van der Waals surface area contributed by atoms with E-state index in [1.165, 1.54) is 30.5 Å². The second-order valence-corrected chi connectivity index (χ2v) is 6.94. The summed E-state index contributed by atoms with van der Waals surface area (Å²) in [5.74, 6) is 0. The summed E-state index contributed by atoms with van der Waals surface area (Å²) in [4.78, 5) is 22.8. The van der Waals surface area contributed by atoms with Crippen LogP contribution in [0.4, 0.5) is 0 Å². The monoisotopic (exact) mass is 463 g/mol. The molecule has 1 heterocycles. The fourth-order valence-corrected chi connectivity index (χ4v) is 3.06. The molecule has 0 aliphatic heterocycles. The minimum absolute atomic E-state index is 0.0159. The molecule has 1 aromatic heterocycles. The van der Waals surface area contributed by atoms with Gasteiger partial charge >= 0.3 is 11.7 Å². The predicted octanol–water partition coefficient (Wildman–Crippen LogP) is 3.35. The summed E-state index contributed by atoms with van der Waals surface area (Å²) >= 11 is 12.2. The van der Waals surface area contributed by atoms with Crippen molar-refractivity contribution >= 4 is 34.1 Å². The molecule has 0 spiro atoms. The van der Waals surface area contributed by atoms with Crippen LogP contribution in [0, 0.1) is 0 Å². The fraction of sp³-hybridized carbons (Fsp3) is 0.200. The molecule has 2 aromatic carbocycles. The number of aromatic nitrogens is 3. The topological polar surface area (TPSA) is 92.2 Å². The number of rotatable bonds is 8. The molecule has 0 fully saturated rings.